The van der Waals surface area contributed by atoms with Gasteiger partial charge in [0.1, 0.15) is 0 Å². The molecule has 2 heterocycles. The Hall–Kier alpha value is -2.06. The average molecular weight is 242 g/mol. The van der Waals surface area contributed by atoms with Gasteiger partial charge < -0.3 is 15.0 Å². The van der Waals surface area contributed by atoms with E-state index in [1.54, 1.807) is 6.07 Å². The number of ether oxygens (including phenoxy) is 1. The lowest BCUT2D eigenvalue weighted by atomic mass is 10.1. The zero-order valence-corrected chi connectivity index (χ0v) is 9.97. The average Bonchev–Trinajstić information content (AvgIpc) is 2.74. The van der Waals surface area contributed by atoms with Crippen LogP contribution in [0.25, 0.3) is 11.0 Å². The Labute approximate surface area is 105 Å². The van der Waals surface area contributed by atoms with Crippen molar-refractivity contribution in [2.75, 3.05) is 18.9 Å². The van der Waals surface area contributed by atoms with Crippen LogP contribution in [0, 0.1) is 11.3 Å². The highest BCUT2D eigenvalue weighted by Crippen LogP contribution is 2.29. The lowest BCUT2D eigenvalue weighted by Crippen LogP contribution is -2.20. The summed E-state index contributed by atoms with van der Waals surface area (Å²) in [6.07, 6.45) is 1.87. The van der Waals surface area contributed by atoms with Crippen LogP contribution in [-0.4, -0.2) is 22.8 Å². The zero-order valence-electron chi connectivity index (χ0n) is 9.97. The van der Waals surface area contributed by atoms with Crippen LogP contribution < -0.4 is 5.73 Å². The maximum atomic E-state index is 8.97. The molecule has 5 heteroatoms. The summed E-state index contributed by atoms with van der Waals surface area (Å²) in [5, 5.41) is 8.97. The number of benzene rings is 1. The van der Waals surface area contributed by atoms with Crippen LogP contribution in [0.1, 0.15) is 24.4 Å². The molecule has 0 bridgehead atoms. The first kappa shape index (κ1) is 11.1. The van der Waals surface area contributed by atoms with Gasteiger partial charge in [0.25, 0.3) is 0 Å². The zero-order chi connectivity index (χ0) is 12.5. The first-order valence-electron chi connectivity index (χ1n) is 6.05. The van der Waals surface area contributed by atoms with Gasteiger partial charge in [0.2, 0.25) is 5.95 Å². The van der Waals surface area contributed by atoms with Crippen molar-refractivity contribution in [3.05, 3.63) is 23.8 Å². The minimum atomic E-state index is 0.317. The maximum Gasteiger partial charge on any atom is 0.201 e. The number of nitrogen functional groups attached to an aromatic ring is 1. The second-order valence-corrected chi connectivity index (χ2v) is 4.50. The number of fused-ring (bicyclic) bond motifs is 1. The third-order valence-corrected chi connectivity index (χ3v) is 3.40. The summed E-state index contributed by atoms with van der Waals surface area (Å²) in [7, 11) is 0. The van der Waals surface area contributed by atoms with E-state index in [9.17, 15) is 0 Å². The molecule has 1 aliphatic rings. The Kier molecular flexibility index (Phi) is 2.65. The van der Waals surface area contributed by atoms with Crippen molar-refractivity contribution >= 4 is 17.0 Å². The lowest BCUT2D eigenvalue weighted by molar-refractivity contribution is 0.0711. The molecule has 5 nitrogen and oxygen atoms in total. The molecule has 0 radical (unpaired) electrons. The molecule has 1 saturated heterocycles. The second-order valence-electron chi connectivity index (χ2n) is 4.50. The molecule has 92 valence electrons. The highest BCUT2D eigenvalue weighted by atomic mass is 16.5. The van der Waals surface area contributed by atoms with E-state index in [1.165, 1.54) is 0 Å². The van der Waals surface area contributed by atoms with Crippen LogP contribution in [-0.2, 0) is 4.74 Å². The molecule has 1 aromatic carbocycles. The Morgan fingerprint density at radius 2 is 2.17 bits per heavy atom. The molecular weight excluding hydrogens is 228 g/mol. The fourth-order valence-corrected chi connectivity index (χ4v) is 2.51. The Balaban J connectivity index is 2.14. The smallest absolute Gasteiger partial charge is 0.201 e. The number of hydrogen-bond acceptors (Lipinski definition) is 4. The monoisotopic (exact) mass is 242 g/mol. The molecule has 0 aliphatic carbocycles. The lowest BCUT2D eigenvalue weighted by Gasteiger charge is -2.24. The largest absolute Gasteiger partial charge is 0.381 e. The number of nitrogens with two attached hydrogens (primary N) is 1. The van der Waals surface area contributed by atoms with Crippen molar-refractivity contribution in [1.29, 1.82) is 5.26 Å². The molecule has 0 atom stereocenters. The van der Waals surface area contributed by atoms with Gasteiger partial charge in [-0.1, -0.05) is 0 Å². The Morgan fingerprint density at radius 3 is 2.89 bits per heavy atom. The fraction of sp³-hybridized carbons (Fsp3) is 0.385. The van der Waals surface area contributed by atoms with Gasteiger partial charge in [-0.15, -0.1) is 0 Å². The number of anilines is 1. The predicted octanol–water partition coefficient (Wildman–Crippen LogP) is 1.84. The van der Waals surface area contributed by atoms with Gasteiger partial charge in [0, 0.05) is 19.3 Å². The van der Waals surface area contributed by atoms with Crippen LogP contribution in [0.4, 0.5) is 5.95 Å². The topological polar surface area (TPSA) is 76.9 Å². The molecule has 0 saturated carbocycles. The fourth-order valence-electron chi connectivity index (χ4n) is 2.51. The highest BCUT2D eigenvalue weighted by Gasteiger charge is 2.20. The normalized spacial score (nSPS) is 16.8. The van der Waals surface area contributed by atoms with E-state index in [0.29, 0.717) is 17.6 Å². The van der Waals surface area contributed by atoms with Crippen molar-refractivity contribution in [2.24, 2.45) is 0 Å². The van der Waals surface area contributed by atoms with E-state index < -0.39 is 0 Å². The number of aromatic nitrogens is 2. The maximum absolute atomic E-state index is 8.97. The first-order chi connectivity index (χ1) is 8.79. The summed E-state index contributed by atoms with van der Waals surface area (Å²) in [5.41, 5.74) is 8.43. The summed E-state index contributed by atoms with van der Waals surface area (Å²) in [4.78, 5) is 4.35. The third-order valence-electron chi connectivity index (χ3n) is 3.40. The van der Waals surface area contributed by atoms with Crippen LogP contribution in [0.15, 0.2) is 18.2 Å². The minimum absolute atomic E-state index is 0.317. The second kappa shape index (κ2) is 4.31. The molecule has 0 spiro atoms. The van der Waals surface area contributed by atoms with Crippen molar-refractivity contribution in [3.63, 3.8) is 0 Å². The van der Waals surface area contributed by atoms with Gasteiger partial charge in [-0.2, -0.15) is 5.26 Å². The molecule has 2 aromatic rings. The molecular formula is C13H14N4O. The molecule has 1 aliphatic heterocycles. The van der Waals surface area contributed by atoms with Gasteiger partial charge in [-0.05, 0) is 31.0 Å². The van der Waals surface area contributed by atoms with Crippen LogP contribution in [0.5, 0.6) is 0 Å². The van der Waals surface area contributed by atoms with Gasteiger partial charge in [-0.25, -0.2) is 4.98 Å². The van der Waals surface area contributed by atoms with Crippen LogP contribution >= 0.6 is 0 Å². The van der Waals surface area contributed by atoms with Gasteiger partial charge in [0.05, 0.1) is 22.7 Å². The van der Waals surface area contributed by atoms with E-state index in [4.69, 9.17) is 15.7 Å². The van der Waals surface area contributed by atoms with E-state index in [1.807, 2.05) is 16.7 Å². The van der Waals surface area contributed by atoms with Crippen molar-refractivity contribution < 1.29 is 4.74 Å². The third kappa shape index (κ3) is 1.71. The van der Waals surface area contributed by atoms with Gasteiger partial charge in [-0.3, -0.25) is 0 Å². The summed E-state index contributed by atoms with van der Waals surface area (Å²) in [5.74, 6) is 0.520. The molecule has 1 fully saturated rings. The number of imidazole rings is 1. The van der Waals surface area contributed by atoms with Crippen molar-refractivity contribution in [2.45, 2.75) is 18.9 Å². The molecule has 0 amide bonds. The predicted molar refractivity (Wildman–Crippen MR) is 68.0 cm³/mol. The van der Waals surface area contributed by atoms with Gasteiger partial charge in [0.15, 0.2) is 0 Å². The van der Waals surface area contributed by atoms with Gasteiger partial charge >= 0.3 is 0 Å². The Bertz CT molecular complexity index is 620. The molecule has 18 heavy (non-hydrogen) atoms. The van der Waals surface area contributed by atoms with Crippen molar-refractivity contribution in [3.8, 4) is 6.07 Å². The van der Waals surface area contributed by atoms with E-state index in [-0.39, 0.29) is 0 Å². The number of hydrogen-bond donors (Lipinski definition) is 1. The number of nitriles is 1. The highest BCUT2D eigenvalue weighted by molar-refractivity contribution is 5.80. The molecule has 2 N–H and O–H groups in total. The molecule has 1 aromatic heterocycles. The van der Waals surface area contributed by atoms with Crippen LogP contribution in [0.3, 0.4) is 0 Å². The SMILES string of the molecule is N#Cc1ccc2nc(N)n(C3CCOCC3)c2c1. The van der Waals surface area contributed by atoms with E-state index in [2.05, 4.69) is 11.1 Å². The van der Waals surface area contributed by atoms with Crippen molar-refractivity contribution in [1.82, 2.24) is 9.55 Å². The standard InChI is InChI=1S/C13H14N4O/c14-8-9-1-2-11-12(7-9)17(13(15)16-11)10-3-5-18-6-4-10/h1-2,7,10H,3-6H2,(H2,15,16). The van der Waals surface area contributed by atoms with Crippen LogP contribution in [0.2, 0.25) is 0 Å². The molecule has 3 rings (SSSR count). The number of nitrogens with zero attached hydrogens (tertiary/aromatic N) is 3. The summed E-state index contributed by atoms with van der Waals surface area (Å²) in [6.45, 7) is 1.50. The Morgan fingerprint density at radius 1 is 1.39 bits per heavy atom. The van der Waals surface area contributed by atoms with E-state index in [0.717, 1.165) is 37.1 Å². The number of rotatable bonds is 1. The quantitative estimate of drug-likeness (QED) is 0.827. The summed E-state index contributed by atoms with van der Waals surface area (Å²) >= 11 is 0. The molecule has 0 unspecified atom stereocenters. The first-order valence-corrected chi connectivity index (χ1v) is 6.05. The minimum Gasteiger partial charge on any atom is -0.381 e. The van der Waals surface area contributed by atoms with E-state index >= 15 is 0 Å². The summed E-state index contributed by atoms with van der Waals surface area (Å²) < 4.78 is 7.41. The summed E-state index contributed by atoms with van der Waals surface area (Å²) in [6, 6.07) is 7.94.